The number of esters is 1. The van der Waals surface area contributed by atoms with Crippen LogP contribution in [0, 0.1) is 6.92 Å². The van der Waals surface area contributed by atoms with E-state index in [1.54, 1.807) is 17.8 Å². The minimum absolute atomic E-state index is 0.175. The van der Waals surface area contributed by atoms with Crippen molar-refractivity contribution in [3.8, 4) is 0 Å². The van der Waals surface area contributed by atoms with Gasteiger partial charge in [-0.3, -0.25) is 4.68 Å². The summed E-state index contributed by atoms with van der Waals surface area (Å²) in [6, 6.07) is 8.12. The number of benzene rings is 1. The van der Waals surface area contributed by atoms with E-state index in [0.29, 0.717) is 18.8 Å². The molecule has 2 N–H and O–H groups in total. The SMILES string of the molecule is CCOC(=O)c1nn(Cc2ccc(C)cc2)cc1N. The summed E-state index contributed by atoms with van der Waals surface area (Å²) in [5.41, 5.74) is 8.58. The lowest BCUT2D eigenvalue weighted by Gasteiger charge is -2.02. The Hall–Kier alpha value is -2.30. The van der Waals surface area contributed by atoms with Gasteiger partial charge in [0, 0.05) is 6.20 Å². The third-order valence-electron chi connectivity index (χ3n) is 2.72. The molecule has 0 unspecified atom stereocenters. The molecule has 0 amide bonds. The molecule has 5 heteroatoms. The van der Waals surface area contributed by atoms with Crippen LogP contribution < -0.4 is 5.73 Å². The molecular weight excluding hydrogens is 242 g/mol. The first kappa shape index (κ1) is 13.1. The number of rotatable bonds is 4. The van der Waals surface area contributed by atoms with Crippen molar-refractivity contribution in [1.29, 1.82) is 0 Å². The van der Waals surface area contributed by atoms with Gasteiger partial charge in [0.15, 0.2) is 5.69 Å². The van der Waals surface area contributed by atoms with E-state index in [1.165, 1.54) is 5.56 Å². The van der Waals surface area contributed by atoms with E-state index in [0.717, 1.165) is 5.56 Å². The van der Waals surface area contributed by atoms with Crippen LogP contribution in [0.3, 0.4) is 0 Å². The van der Waals surface area contributed by atoms with E-state index >= 15 is 0 Å². The van der Waals surface area contributed by atoms with Crippen molar-refractivity contribution in [1.82, 2.24) is 9.78 Å². The van der Waals surface area contributed by atoms with E-state index in [-0.39, 0.29) is 5.69 Å². The summed E-state index contributed by atoms with van der Waals surface area (Å²) in [7, 11) is 0. The minimum atomic E-state index is -0.484. The zero-order valence-corrected chi connectivity index (χ0v) is 11.1. The van der Waals surface area contributed by atoms with Crippen LogP contribution in [0.15, 0.2) is 30.5 Å². The second-order valence-electron chi connectivity index (χ2n) is 4.34. The lowest BCUT2D eigenvalue weighted by atomic mass is 10.1. The van der Waals surface area contributed by atoms with Gasteiger partial charge in [-0.05, 0) is 19.4 Å². The maximum atomic E-state index is 11.6. The summed E-state index contributed by atoms with van der Waals surface area (Å²) < 4.78 is 6.54. The van der Waals surface area contributed by atoms with Crippen molar-refractivity contribution in [2.45, 2.75) is 20.4 Å². The first-order chi connectivity index (χ1) is 9.10. The average Bonchev–Trinajstić information content (AvgIpc) is 2.74. The van der Waals surface area contributed by atoms with Crippen LogP contribution in [0.2, 0.25) is 0 Å². The van der Waals surface area contributed by atoms with Gasteiger partial charge >= 0.3 is 5.97 Å². The molecule has 0 aliphatic rings. The summed E-state index contributed by atoms with van der Waals surface area (Å²) in [5.74, 6) is -0.484. The van der Waals surface area contributed by atoms with Gasteiger partial charge in [-0.1, -0.05) is 29.8 Å². The van der Waals surface area contributed by atoms with E-state index in [4.69, 9.17) is 10.5 Å². The van der Waals surface area contributed by atoms with Crippen molar-refractivity contribution >= 4 is 11.7 Å². The van der Waals surface area contributed by atoms with Gasteiger partial charge in [0.05, 0.1) is 18.8 Å². The van der Waals surface area contributed by atoms with Gasteiger partial charge in [-0.15, -0.1) is 0 Å². The van der Waals surface area contributed by atoms with Crippen molar-refractivity contribution < 1.29 is 9.53 Å². The minimum Gasteiger partial charge on any atom is -0.461 e. The maximum Gasteiger partial charge on any atom is 0.361 e. The maximum absolute atomic E-state index is 11.6. The third kappa shape index (κ3) is 3.13. The number of anilines is 1. The number of ether oxygens (including phenoxy) is 1. The van der Waals surface area contributed by atoms with E-state index in [2.05, 4.69) is 5.10 Å². The van der Waals surface area contributed by atoms with Crippen molar-refractivity contribution in [2.75, 3.05) is 12.3 Å². The molecule has 2 rings (SSSR count). The molecule has 0 bridgehead atoms. The average molecular weight is 259 g/mol. The molecule has 0 saturated carbocycles. The highest BCUT2D eigenvalue weighted by Gasteiger charge is 2.15. The Kier molecular flexibility index (Phi) is 3.85. The molecule has 0 spiro atoms. The number of nitrogens with zero attached hydrogens (tertiary/aromatic N) is 2. The number of aryl methyl sites for hydroxylation is 1. The molecule has 0 aliphatic heterocycles. The summed E-state index contributed by atoms with van der Waals surface area (Å²) in [4.78, 5) is 11.6. The smallest absolute Gasteiger partial charge is 0.361 e. The molecular formula is C14H17N3O2. The normalized spacial score (nSPS) is 10.4. The van der Waals surface area contributed by atoms with Gasteiger partial charge in [0.1, 0.15) is 0 Å². The van der Waals surface area contributed by atoms with Crippen molar-refractivity contribution in [3.05, 3.63) is 47.3 Å². The monoisotopic (exact) mass is 259 g/mol. The Balaban J connectivity index is 2.16. The van der Waals surface area contributed by atoms with E-state index in [1.807, 2.05) is 31.2 Å². The van der Waals surface area contributed by atoms with E-state index in [9.17, 15) is 4.79 Å². The van der Waals surface area contributed by atoms with Crippen LogP contribution in [0.4, 0.5) is 5.69 Å². The molecule has 1 heterocycles. The van der Waals surface area contributed by atoms with Gasteiger partial charge in [-0.2, -0.15) is 5.10 Å². The first-order valence-electron chi connectivity index (χ1n) is 6.15. The molecule has 2 aromatic rings. The Morgan fingerprint density at radius 1 is 1.37 bits per heavy atom. The Labute approximate surface area is 112 Å². The first-order valence-corrected chi connectivity index (χ1v) is 6.15. The molecule has 100 valence electrons. The standard InChI is InChI=1S/C14H17N3O2/c1-3-19-14(18)13-12(15)9-17(16-13)8-11-6-4-10(2)5-7-11/h4-7,9H,3,8,15H2,1-2H3. The van der Waals surface area contributed by atoms with Crippen molar-refractivity contribution in [3.63, 3.8) is 0 Å². The lowest BCUT2D eigenvalue weighted by Crippen LogP contribution is -2.09. The third-order valence-corrected chi connectivity index (χ3v) is 2.72. The van der Waals surface area contributed by atoms with Crippen LogP contribution in [0.25, 0.3) is 0 Å². The van der Waals surface area contributed by atoms with Gasteiger partial charge in [0.25, 0.3) is 0 Å². The van der Waals surface area contributed by atoms with E-state index < -0.39 is 5.97 Å². The van der Waals surface area contributed by atoms with Gasteiger partial charge in [-0.25, -0.2) is 4.79 Å². The van der Waals surface area contributed by atoms with Crippen LogP contribution in [-0.2, 0) is 11.3 Å². The number of hydrogen-bond donors (Lipinski definition) is 1. The molecule has 5 nitrogen and oxygen atoms in total. The quantitative estimate of drug-likeness (QED) is 0.852. The number of nitrogen functional groups attached to an aromatic ring is 1. The lowest BCUT2D eigenvalue weighted by molar-refractivity contribution is 0.0519. The Morgan fingerprint density at radius 2 is 2.05 bits per heavy atom. The summed E-state index contributed by atoms with van der Waals surface area (Å²) in [6.45, 7) is 4.67. The molecule has 0 atom stereocenters. The van der Waals surface area contributed by atoms with Gasteiger partial charge < -0.3 is 10.5 Å². The van der Waals surface area contributed by atoms with Gasteiger partial charge in [0.2, 0.25) is 0 Å². The van der Waals surface area contributed by atoms with Crippen molar-refractivity contribution in [2.24, 2.45) is 0 Å². The predicted octanol–water partition coefficient (Wildman–Crippen LogP) is 2.00. The Morgan fingerprint density at radius 3 is 2.68 bits per heavy atom. The largest absolute Gasteiger partial charge is 0.461 e. The highest BCUT2D eigenvalue weighted by Crippen LogP contribution is 2.12. The number of carbonyl (C=O) groups is 1. The fourth-order valence-electron chi connectivity index (χ4n) is 1.76. The Bertz CT molecular complexity index is 573. The summed E-state index contributed by atoms with van der Waals surface area (Å²) >= 11 is 0. The fourth-order valence-corrected chi connectivity index (χ4v) is 1.76. The summed E-state index contributed by atoms with van der Waals surface area (Å²) in [6.07, 6.45) is 1.64. The molecule has 1 aromatic carbocycles. The number of carbonyl (C=O) groups excluding carboxylic acids is 1. The second kappa shape index (κ2) is 5.56. The fraction of sp³-hybridized carbons (Fsp3) is 0.286. The van der Waals surface area contributed by atoms with Crippen LogP contribution in [-0.4, -0.2) is 22.4 Å². The molecule has 0 radical (unpaired) electrons. The number of hydrogen-bond acceptors (Lipinski definition) is 4. The highest BCUT2D eigenvalue weighted by atomic mass is 16.5. The topological polar surface area (TPSA) is 70.1 Å². The molecule has 0 aliphatic carbocycles. The summed E-state index contributed by atoms with van der Waals surface area (Å²) in [5, 5.41) is 4.16. The second-order valence-corrected chi connectivity index (χ2v) is 4.34. The molecule has 0 fully saturated rings. The highest BCUT2D eigenvalue weighted by molar-refractivity contribution is 5.92. The van der Waals surface area contributed by atoms with Crippen LogP contribution in [0.5, 0.6) is 0 Å². The zero-order valence-electron chi connectivity index (χ0n) is 11.1. The molecule has 19 heavy (non-hydrogen) atoms. The van der Waals surface area contributed by atoms with Crippen LogP contribution in [0.1, 0.15) is 28.5 Å². The molecule has 0 saturated heterocycles. The number of aromatic nitrogens is 2. The number of nitrogens with two attached hydrogens (primary N) is 1. The zero-order chi connectivity index (χ0) is 13.8. The molecule has 1 aromatic heterocycles. The van der Waals surface area contributed by atoms with Crippen LogP contribution >= 0.6 is 0 Å². The predicted molar refractivity (Wildman–Crippen MR) is 72.9 cm³/mol.